The average molecular weight is 310 g/mol. The summed E-state index contributed by atoms with van der Waals surface area (Å²) >= 11 is 0. The molecule has 1 aliphatic heterocycles. The first kappa shape index (κ1) is 16.9. The molecule has 4 nitrogen and oxygen atoms in total. The molecule has 1 aliphatic rings. The molecule has 7 heteroatoms. The minimum Gasteiger partial charge on any atom is -0.395 e. The van der Waals surface area contributed by atoms with Crippen molar-refractivity contribution < 1.29 is 23.4 Å². The normalized spacial score (nSPS) is 19.9. The van der Waals surface area contributed by atoms with Crippen molar-refractivity contribution in [3.05, 3.63) is 23.8 Å². The van der Waals surface area contributed by atoms with E-state index in [1.54, 1.807) is 12.1 Å². The minimum absolute atomic E-state index is 0. The lowest BCUT2D eigenvalue weighted by molar-refractivity contribution is -0.287. The summed E-state index contributed by atoms with van der Waals surface area (Å²) in [6.45, 7) is 3.77. The molecule has 0 fully saturated rings. The molecule has 2 rings (SSSR count). The van der Waals surface area contributed by atoms with Gasteiger partial charge in [0.15, 0.2) is 11.5 Å². The number of aliphatic hydroxyl groups excluding tert-OH is 1. The number of nitrogens with two attached hydrogens (primary N) is 1. The quantitative estimate of drug-likeness (QED) is 0.897. The van der Waals surface area contributed by atoms with Gasteiger partial charge in [-0.05, 0) is 12.0 Å². The summed E-state index contributed by atoms with van der Waals surface area (Å²) in [6.07, 6.45) is -3.79. The number of rotatable bonds is 4. The fraction of sp³-hybridized carbons (Fsp3) is 0.538. The van der Waals surface area contributed by atoms with E-state index in [0.29, 0.717) is 5.56 Å². The van der Waals surface area contributed by atoms with E-state index in [4.69, 9.17) is 5.73 Å². The van der Waals surface area contributed by atoms with Crippen molar-refractivity contribution in [2.75, 3.05) is 0 Å². The van der Waals surface area contributed by atoms with Gasteiger partial charge in [-0.3, -0.25) is 0 Å². The predicted octanol–water partition coefficient (Wildman–Crippen LogP) is 2.84. The van der Waals surface area contributed by atoms with E-state index in [1.807, 2.05) is 13.8 Å². The Balaban J connectivity index is 0.00000200. The number of aliphatic hydroxyl groups is 1. The van der Waals surface area contributed by atoms with Crippen molar-refractivity contribution in [3.8, 4) is 11.5 Å². The summed E-state index contributed by atoms with van der Waals surface area (Å²) < 4.78 is 34.9. The van der Waals surface area contributed by atoms with Crippen LogP contribution in [0.5, 0.6) is 11.5 Å². The van der Waals surface area contributed by atoms with E-state index in [2.05, 4.69) is 9.47 Å². The largest absolute Gasteiger partial charge is 0.586 e. The zero-order chi connectivity index (χ0) is 14.2. The Hall–Kier alpha value is -1.11. The molecule has 1 heterocycles. The lowest BCUT2D eigenvalue weighted by Crippen LogP contribution is -2.32. The van der Waals surface area contributed by atoms with E-state index in [0.717, 1.165) is 6.42 Å². The fourth-order valence-electron chi connectivity index (χ4n) is 2.03. The third-order valence-electron chi connectivity index (χ3n) is 3.41. The second kappa shape index (κ2) is 6.11. The van der Waals surface area contributed by atoms with E-state index < -0.39 is 18.4 Å². The molecule has 0 radical (unpaired) electrons. The Morgan fingerprint density at radius 2 is 2.00 bits per heavy atom. The number of benzene rings is 1. The van der Waals surface area contributed by atoms with Gasteiger partial charge in [-0.2, -0.15) is 0 Å². The summed E-state index contributed by atoms with van der Waals surface area (Å²) in [7, 11) is 0. The molecule has 0 saturated heterocycles. The lowest BCUT2D eigenvalue weighted by atomic mass is 9.91. The summed E-state index contributed by atoms with van der Waals surface area (Å²) in [5.74, 6) is -0.203. The topological polar surface area (TPSA) is 64.7 Å². The Kier molecular flexibility index (Phi) is 5.18. The van der Waals surface area contributed by atoms with Crippen molar-refractivity contribution in [3.63, 3.8) is 0 Å². The van der Waals surface area contributed by atoms with Crippen LogP contribution in [0.3, 0.4) is 0 Å². The first-order chi connectivity index (χ1) is 8.85. The molecule has 0 spiro atoms. The van der Waals surface area contributed by atoms with Crippen LogP contribution in [-0.4, -0.2) is 17.5 Å². The second-order valence-electron chi connectivity index (χ2n) is 4.74. The fourth-order valence-corrected chi connectivity index (χ4v) is 2.03. The highest BCUT2D eigenvalue weighted by Crippen LogP contribution is 2.45. The first-order valence-electron chi connectivity index (χ1n) is 6.18. The highest BCUT2D eigenvalue weighted by Gasteiger charge is 2.45. The van der Waals surface area contributed by atoms with Crippen molar-refractivity contribution in [1.29, 1.82) is 0 Å². The van der Waals surface area contributed by atoms with Gasteiger partial charge in [0.1, 0.15) is 0 Å². The van der Waals surface area contributed by atoms with Gasteiger partial charge in [-0.15, -0.1) is 21.2 Å². The molecule has 3 N–H and O–H groups in total. The third kappa shape index (κ3) is 3.13. The SMILES string of the molecule is CCC(C)[C@@H](O)[C@@H](N)c1cccc2c1OC(F)(F)O2.Cl. The molecule has 0 aliphatic carbocycles. The van der Waals surface area contributed by atoms with E-state index in [9.17, 15) is 13.9 Å². The number of ether oxygens (including phenoxy) is 2. The molecule has 0 amide bonds. The highest BCUT2D eigenvalue weighted by molar-refractivity contribution is 5.85. The van der Waals surface area contributed by atoms with Crippen molar-refractivity contribution in [2.45, 2.75) is 38.7 Å². The van der Waals surface area contributed by atoms with Gasteiger partial charge in [-0.1, -0.05) is 32.4 Å². The molecule has 0 aromatic heterocycles. The van der Waals surface area contributed by atoms with E-state index >= 15 is 0 Å². The summed E-state index contributed by atoms with van der Waals surface area (Å²) in [5, 5.41) is 10.1. The van der Waals surface area contributed by atoms with Crippen LogP contribution in [0.2, 0.25) is 0 Å². The molecular formula is C13H18ClF2NO3. The third-order valence-corrected chi connectivity index (χ3v) is 3.41. The van der Waals surface area contributed by atoms with Gasteiger partial charge >= 0.3 is 6.29 Å². The van der Waals surface area contributed by atoms with Gasteiger partial charge in [0.25, 0.3) is 0 Å². The highest BCUT2D eigenvalue weighted by atomic mass is 35.5. The lowest BCUT2D eigenvalue weighted by Gasteiger charge is -2.24. The minimum atomic E-state index is -3.68. The number of hydrogen-bond donors (Lipinski definition) is 2. The summed E-state index contributed by atoms with van der Waals surface area (Å²) in [4.78, 5) is 0. The number of alkyl halides is 2. The Morgan fingerprint density at radius 1 is 1.35 bits per heavy atom. The van der Waals surface area contributed by atoms with Crippen molar-refractivity contribution in [1.82, 2.24) is 0 Å². The number of para-hydroxylation sites is 1. The Bertz CT molecular complexity index is 473. The van der Waals surface area contributed by atoms with Crippen LogP contribution < -0.4 is 15.2 Å². The monoisotopic (exact) mass is 309 g/mol. The molecule has 1 unspecified atom stereocenters. The van der Waals surface area contributed by atoms with Crippen LogP contribution in [-0.2, 0) is 0 Å². The van der Waals surface area contributed by atoms with Crippen LogP contribution in [0, 0.1) is 5.92 Å². The van der Waals surface area contributed by atoms with Crippen LogP contribution >= 0.6 is 12.4 Å². The zero-order valence-corrected chi connectivity index (χ0v) is 12.0. The molecule has 20 heavy (non-hydrogen) atoms. The van der Waals surface area contributed by atoms with Gasteiger partial charge in [0.2, 0.25) is 0 Å². The summed E-state index contributed by atoms with van der Waals surface area (Å²) in [5.41, 5.74) is 6.27. The van der Waals surface area contributed by atoms with Crippen LogP contribution in [0.4, 0.5) is 8.78 Å². The molecule has 1 aromatic rings. The molecule has 1 aromatic carbocycles. The maximum atomic E-state index is 13.1. The first-order valence-corrected chi connectivity index (χ1v) is 6.18. The number of hydrogen-bond acceptors (Lipinski definition) is 4. The standard InChI is InChI=1S/C13H17F2NO3.ClH/c1-3-7(2)11(17)10(16)8-5-4-6-9-12(8)19-13(14,15)18-9;/h4-7,10-11,17H,3,16H2,1-2H3;1H/t7?,10-,11+;/m0./s1. The van der Waals surface area contributed by atoms with Gasteiger partial charge in [-0.25, -0.2) is 0 Å². The second-order valence-corrected chi connectivity index (χ2v) is 4.74. The van der Waals surface area contributed by atoms with Gasteiger partial charge in [0.05, 0.1) is 12.1 Å². The number of halogens is 3. The average Bonchev–Trinajstić information content (AvgIpc) is 2.69. The molecule has 114 valence electrons. The molecule has 3 atom stereocenters. The van der Waals surface area contributed by atoms with Gasteiger partial charge in [0, 0.05) is 5.56 Å². The smallest absolute Gasteiger partial charge is 0.395 e. The van der Waals surface area contributed by atoms with Crippen LogP contribution in [0.15, 0.2) is 18.2 Å². The van der Waals surface area contributed by atoms with Crippen molar-refractivity contribution in [2.24, 2.45) is 11.7 Å². The maximum absolute atomic E-state index is 13.1. The summed E-state index contributed by atoms with van der Waals surface area (Å²) in [6, 6.07) is 3.67. The zero-order valence-electron chi connectivity index (χ0n) is 11.2. The van der Waals surface area contributed by atoms with Crippen molar-refractivity contribution >= 4 is 12.4 Å². The Labute approximate surface area is 122 Å². The van der Waals surface area contributed by atoms with Gasteiger partial charge < -0.3 is 20.3 Å². The van der Waals surface area contributed by atoms with Crippen LogP contribution in [0.25, 0.3) is 0 Å². The van der Waals surface area contributed by atoms with E-state index in [1.165, 1.54) is 6.07 Å². The van der Waals surface area contributed by atoms with E-state index in [-0.39, 0.29) is 29.8 Å². The number of fused-ring (bicyclic) bond motifs is 1. The Morgan fingerprint density at radius 3 is 2.60 bits per heavy atom. The molecule has 0 saturated carbocycles. The molecule has 0 bridgehead atoms. The van der Waals surface area contributed by atoms with Crippen LogP contribution in [0.1, 0.15) is 31.9 Å². The predicted molar refractivity (Wildman–Crippen MR) is 72.3 cm³/mol. The molecular weight excluding hydrogens is 292 g/mol. The maximum Gasteiger partial charge on any atom is 0.586 e.